The second-order valence-electron chi connectivity index (χ2n) is 4.64. The fraction of sp³-hybridized carbons (Fsp3) is 0.692. The Morgan fingerprint density at radius 2 is 2.53 bits per heavy atom. The van der Waals surface area contributed by atoms with E-state index in [0.29, 0.717) is 31.2 Å². The van der Waals surface area contributed by atoms with Crippen LogP contribution in [0.2, 0.25) is 0 Å². The van der Waals surface area contributed by atoms with E-state index in [9.17, 15) is 4.79 Å². The molecule has 1 fully saturated rings. The molecule has 2 heterocycles. The minimum Gasteiger partial charge on any atom is -0.379 e. The van der Waals surface area contributed by atoms with Crippen molar-refractivity contribution in [3.63, 3.8) is 0 Å². The second-order valence-corrected chi connectivity index (χ2v) is 4.64. The Kier molecular flexibility index (Phi) is 5.35. The topological polar surface area (TPSA) is 73.6 Å². The molecule has 1 saturated heterocycles. The molecule has 1 aromatic rings. The second kappa shape index (κ2) is 7.25. The van der Waals surface area contributed by atoms with Gasteiger partial charge in [-0.05, 0) is 26.2 Å². The molecule has 0 bridgehead atoms. The molecule has 0 saturated carbocycles. The number of aromatic nitrogens is 1. The minimum absolute atomic E-state index is 0.212. The van der Waals surface area contributed by atoms with Gasteiger partial charge in [-0.2, -0.15) is 0 Å². The van der Waals surface area contributed by atoms with E-state index in [0.717, 1.165) is 25.9 Å². The molecule has 0 radical (unpaired) electrons. The van der Waals surface area contributed by atoms with Crippen molar-refractivity contribution in [2.75, 3.05) is 26.4 Å². The summed E-state index contributed by atoms with van der Waals surface area (Å²) in [5, 5.41) is 6.42. The molecular weight excluding hydrogens is 248 g/mol. The van der Waals surface area contributed by atoms with Crippen LogP contribution in [-0.2, 0) is 9.47 Å². The molecule has 19 heavy (non-hydrogen) atoms. The van der Waals surface area contributed by atoms with Gasteiger partial charge >= 0.3 is 0 Å². The highest BCUT2D eigenvalue weighted by Gasteiger charge is 2.15. The van der Waals surface area contributed by atoms with Crippen molar-refractivity contribution in [2.45, 2.75) is 32.3 Å². The number of nitrogens with one attached hydrogen (secondary N) is 1. The van der Waals surface area contributed by atoms with Gasteiger partial charge in [0.1, 0.15) is 5.76 Å². The Hall–Kier alpha value is -1.40. The fourth-order valence-corrected chi connectivity index (χ4v) is 1.93. The zero-order chi connectivity index (χ0) is 13.5. The molecule has 1 aromatic heterocycles. The maximum atomic E-state index is 11.6. The molecule has 1 unspecified atom stereocenters. The standard InChI is InChI=1S/C13H20N2O4/c1-10-8-12(15-19-10)13(16)14-5-3-6-17-9-11-4-2-7-18-11/h8,11H,2-7,9H2,1H3,(H,14,16). The van der Waals surface area contributed by atoms with Crippen LogP contribution >= 0.6 is 0 Å². The van der Waals surface area contributed by atoms with E-state index in [2.05, 4.69) is 10.5 Å². The Bertz CT molecular complexity index is 399. The summed E-state index contributed by atoms with van der Waals surface area (Å²) in [5.41, 5.74) is 0.317. The van der Waals surface area contributed by atoms with Gasteiger partial charge in [0.25, 0.3) is 5.91 Å². The summed E-state index contributed by atoms with van der Waals surface area (Å²) in [4.78, 5) is 11.6. The van der Waals surface area contributed by atoms with Crippen molar-refractivity contribution in [2.24, 2.45) is 0 Å². The van der Waals surface area contributed by atoms with Crippen LogP contribution in [-0.4, -0.2) is 43.5 Å². The molecule has 6 heteroatoms. The highest BCUT2D eigenvalue weighted by Crippen LogP contribution is 2.11. The number of amides is 1. The molecule has 1 aliphatic heterocycles. The molecular formula is C13H20N2O4. The zero-order valence-corrected chi connectivity index (χ0v) is 11.2. The van der Waals surface area contributed by atoms with Crippen LogP contribution in [0.4, 0.5) is 0 Å². The minimum atomic E-state index is -0.212. The highest BCUT2D eigenvalue weighted by atomic mass is 16.5. The van der Waals surface area contributed by atoms with E-state index >= 15 is 0 Å². The lowest BCUT2D eigenvalue weighted by Gasteiger charge is -2.09. The van der Waals surface area contributed by atoms with Crippen LogP contribution in [0.15, 0.2) is 10.6 Å². The molecule has 1 aliphatic rings. The predicted octanol–water partition coefficient (Wildman–Crippen LogP) is 1.30. The van der Waals surface area contributed by atoms with Crippen molar-refractivity contribution in [3.05, 3.63) is 17.5 Å². The van der Waals surface area contributed by atoms with Gasteiger partial charge in [0.15, 0.2) is 5.69 Å². The largest absolute Gasteiger partial charge is 0.379 e. The highest BCUT2D eigenvalue weighted by molar-refractivity contribution is 5.92. The van der Waals surface area contributed by atoms with Crippen molar-refractivity contribution in [3.8, 4) is 0 Å². The summed E-state index contributed by atoms with van der Waals surface area (Å²) in [6.07, 6.45) is 3.24. The van der Waals surface area contributed by atoms with Crippen molar-refractivity contribution in [1.29, 1.82) is 0 Å². The summed E-state index contributed by atoms with van der Waals surface area (Å²) in [5.74, 6) is 0.418. The summed E-state index contributed by atoms with van der Waals surface area (Å²) in [6.45, 7) is 4.44. The molecule has 0 aliphatic carbocycles. The average molecular weight is 268 g/mol. The molecule has 1 atom stereocenters. The maximum Gasteiger partial charge on any atom is 0.273 e. The number of nitrogens with zero attached hydrogens (tertiary/aromatic N) is 1. The van der Waals surface area contributed by atoms with Crippen molar-refractivity contribution in [1.82, 2.24) is 10.5 Å². The third kappa shape index (κ3) is 4.65. The summed E-state index contributed by atoms with van der Waals surface area (Å²) < 4.78 is 15.8. The van der Waals surface area contributed by atoms with Crippen LogP contribution in [0.1, 0.15) is 35.5 Å². The number of carbonyl (C=O) groups is 1. The van der Waals surface area contributed by atoms with Crippen molar-refractivity contribution < 1.29 is 18.8 Å². The number of aryl methyl sites for hydroxylation is 1. The van der Waals surface area contributed by atoms with Crippen LogP contribution in [0.3, 0.4) is 0 Å². The van der Waals surface area contributed by atoms with Gasteiger partial charge < -0.3 is 19.3 Å². The van der Waals surface area contributed by atoms with Gasteiger partial charge in [-0.25, -0.2) is 0 Å². The first-order chi connectivity index (χ1) is 9.25. The SMILES string of the molecule is Cc1cc(C(=O)NCCCOCC2CCCO2)no1. The third-order valence-electron chi connectivity index (χ3n) is 2.94. The molecule has 106 valence electrons. The fourth-order valence-electron chi connectivity index (χ4n) is 1.93. The monoisotopic (exact) mass is 268 g/mol. The maximum absolute atomic E-state index is 11.6. The Balaban J connectivity index is 1.50. The Morgan fingerprint density at radius 1 is 1.63 bits per heavy atom. The van der Waals surface area contributed by atoms with E-state index in [4.69, 9.17) is 14.0 Å². The number of hydrogen-bond acceptors (Lipinski definition) is 5. The van der Waals surface area contributed by atoms with E-state index in [1.165, 1.54) is 0 Å². The number of carbonyl (C=O) groups excluding carboxylic acids is 1. The van der Waals surface area contributed by atoms with Gasteiger partial charge in [0.2, 0.25) is 0 Å². The molecule has 1 N–H and O–H groups in total. The lowest BCUT2D eigenvalue weighted by Crippen LogP contribution is -2.26. The first kappa shape index (κ1) is 14.0. The van der Waals surface area contributed by atoms with Gasteiger partial charge in [-0.3, -0.25) is 4.79 Å². The van der Waals surface area contributed by atoms with E-state index in [1.807, 2.05) is 0 Å². The Labute approximate surface area is 112 Å². The summed E-state index contributed by atoms with van der Waals surface area (Å²) in [7, 11) is 0. The average Bonchev–Trinajstić information content (AvgIpc) is 3.04. The first-order valence-electron chi connectivity index (χ1n) is 6.66. The van der Waals surface area contributed by atoms with Gasteiger partial charge in [0, 0.05) is 25.8 Å². The van der Waals surface area contributed by atoms with Crippen molar-refractivity contribution >= 4 is 5.91 Å². The van der Waals surface area contributed by atoms with Gasteiger partial charge in [-0.15, -0.1) is 0 Å². The van der Waals surface area contributed by atoms with E-state index in [-0.39, 0.29) is 12.0 Å². The van der Waals surface area contributed by atoms with Crippen LogP contribution in [0.25, 0.3) is 0 Å². The third-order valence-corrected chi connectivity index (χ3v) is 2.94. The number of ether oxygens (including phenoxy) is 2. The van der Waals surface area contributed by atoms with Crippen LogP contribution in [0, 0.1) is 6.92 Å². The molecule has 2 rings (SSSR count). The zero-order valence-electron chi connectivity index (χ0n) is 11.2. The molecule has 0 aromatic carbocycles. The van der Waals surface area contributed by atoms with E-state index in [1.54, 1.807) is 13.0 Å². The smallest absolute Gasteiger partial charge is 0.273 e. The lowest BCUT2D eigenvalue weighted by molar-refractivity contribution is 0.0166. The summed E-state index contributed by atoms with van der Waals surface area (Å²) in [6, 6.07) is 1.61. The molecule has 0 spiro atoms. The Morgan fingerprint density at radius 3 is 3.21 bits per heavy atom. The number of rotatable bonds is 7. The molecule has 6 nitrogen and oxygen atoms in total. The predicted molar refractivity (Wildman–Crippen MR) is 68.0 cm³/mol. The van der Waals surface area contributed by atoms with E-state index < -0.39 is 0 Å². The summed E-state index contributed by atoms with van der Waals surface area (Å²) >= 11 is 0. The van der Waals surface area contributed by atoms with Gasteiger partial charge in [-0.1, -0.05) is 5.16 Å². The molecule has 1 amide bonds. The number of hydrogen-bond donors (Lipinski definition) is 1. The quantitative estimate of drug-likeness (QED) is 0.754. The lowest BCUT2D eigenvalue weighted by atomic mass is 10.2. The normalized spacial score (nSPS) is 18.7. The van der Waals surface area contributed by atoms with Crippen LogP contribution < -0.4 is 5.32 Å². The van der Waals surface area contributed by atoms with Crippen LogP contribution in [0.5, 0.6) is 0 Å². The first-order valence-corrected chi connectivity index (χ1v) is 6.66. The van der Waals surface area contributed by atoms with Gasteiger partial charge in [0.05, 0.1) is 12.7 Å².